The fraction of sp³-hybridized carbons (Fsp3) is 0.286. The number of rotatable bonds is 5. The summed E-state index contributed by atoms with van der Waals surface area (Å²) in [6.45, 7) is 3.02. The Morgan fingerprint density at radius 1 is 1.28 bits per heavy atom. The summed E-state index contributed by atoms with van der Waals surface area (Å²) in [5.41, 5.74) is 2.42. The molecule has 0 saturated carbocycles. The van der Waals surface area contributed by atoms with Gasteiger partial charge in [-0.15, -0.1) is 0 Å². The van der Waals surface area contributed by atoms with E-state index < -0.39 is 0 Å². The van der Waals surface area contributed by atoms with Crippen LogP contribution in [0.5, 0.6) is 5.75 Å². The molecule has 1 unspecified atom stereocenters. The molecule has 2 aromatic rings. The number of hydrogen-bond donors (Lipinski definition) is 1. The van der Waals surface area contributed by atoms with Crippen LogP contribution in [0.25, 0.3) is 0 Å². The second-order valence-electron chi connectivity index (χ2n) is 3.91. The van der Waals surface area contributed by atoms with Crippen LogP contribution >= 0.6 is 27.3 Å². The zero-order valence-electron chi connectivity index (χ0n) is 10.4. The number of para-hydroxylation sites is 1. The van der Waals surface area contributed by atoms with E-state index in [1.54, 1.807) is 18.4 Å². The zero-order valence-corrected chi connectivity index (χ0v) is 12.8. The number of ether oxygens (including phenoxy) is 1. The summed E-state index contributed by atoms with van der Waals surface area (Å²) in [6, 6.07) is 8.30. The molecule has 0 fully saturated rings. The molecule has 1 atom stereocenters. The number of thiophene rings is 1. The van der Waals surface area contributed by atoms with E-state index in [0.29, 0.717) is 0 Å². The second kappa shape index (κ2) is 6.36. The predicted octanol–water partition coefficient (Wildman–Crippen LogP) is 4.22. The van der Waals surface area contributed by atoms with Gasteiger partial charge in [-0.3, -0.25) is 0 Å². The van der Waals surface area contributed by atoms with Gasteiger partial charge in [0.2, 0.25) is 0 Å². The Balaban J connectivity index is 2.45. The standard InChI is InChI=1S/C14H16BrNOS/c1-3-16-14(11-8-18-9-12(11)15)10-6-4-5-7-13(10)17-2/h4-9,14,16H,3H2,1-2H3. The number of benzene rings is 1. The SMILES string of the molecule is CCNC(c1cscc1Br)c1ccccc1OC. The smallest absolute Gasteiger partial charge is 0.123 e. The maximum absolute atomic E-state index is 5.46. The lowest BCUT2D eigenvalue weighted by Crippen LogP contribution is -2.22. The Morgan fingerprint density at radius 2 is 2.06 bits per heavy atom. The van der Waals surface area contributed by atoms with Crippen LogP contribution < -0.4 is 10.1 Å². The third-order valence-electron chi connectivity index (χ3n) is 2.81. The van der Waals surface area contributed by atoms with Crippen LogP contribution in [0, 0.1) is 0 Å². The molecule has 0 aliphatic carbocycles. The maximum Gasteiger partial charge on any atom is 0.123 e. The van der Waals surface area contributed by atoms with E-state index in [4.69, 9.17) is 4.74 Å². The van der Waals surface area contributed by atoms with Crippen LogP contribution in [0.2, 0.25) is 0 Å². The van der Waals surface area contributed by atoms with Gasteiger partial charge in [-0.1, -0.05) is 25.1 Å². The predicted molar refractivity (Wildman–Crippen MR) is 80.5 cm³/mol. The third kappa shape index (κ3) is 2.76. The monoisotopic (exact) mass is 325 g/mol. The lowest BCUT2D eigenvalue weighted by Gasteiger charge is -2.20. The first kappa shape index (κ1) is 13.6. The third-order valence-corrected chi connectivity index (χ3v) is 4.56. The van der Waals surface area contributed by atoms with Gasteiger partial charge in [0.1, 0.15) is 5.75 Å². The van der Waals surface area contributed by atoms with Crippen LogP contribution in [-0.4, -0.2) is 13.7 Å². The molecule has 0 spiro atoms. The van der Waals surface area contributed by atoms with E-state index in [2.05, 4.69) is 45.0 Å². The molecule has 1 N–H and O–H groups in total. The van der Waals surface area contributed by atoms with E-state index in [1.165, 1.54) is 11.1 Å². The van der Waals surface area contributed by atoms with Crippen LogP contribution in [-0.2, 0) is 0 Å². The molecule has 18 heavy (non-hydrogen) atoms. The average Bonchev–Trinajstić information content (AvgIpc) is 2.82. The summed E-state index contributed by atoms with van der Waals surface area (Å²) in [7, 11) is 1.71. The lowest BCUT2D eigenvalue weighted by atomic mass is 10.0. The highest BCUT2D eigenvalue weighted by Gasteiger charge is 2.19. The molecular formula is C14H16BrNOS. The lowest BCUT2D eigenvalue weighted by molar-refractivity contribution is 0.404. The molecule has 2 nitrogen and oxygen atoms in total. The molecule has 96 valence electrons. The van der Waals surface area contributed by atoms with Gasteiger partial charge in [0.05, 0.1) is 13.2 Å². The van der Waals surface area contributed by atoms with Gasteiger partial charge in [0.25, 0.3) is 0 Å². The Bertz CT molecular complexity index is 512. The van der Waals surface area contributed by atoms with Crippen molar-refractivity contribution >= 4 is 27.3 Å². The first-order valence-corrected chi connectivity index (χ1v) is 7.59. The van der Waals surface area contributed by atoms with Crippen molar-refractivity contribution in [3.8, 4) is 5.75 Å². The van der Waals surface area contributed by atoms with Crippen molar-refractivity contribution in [3.05, 3.63) is 50.6 Å². The van der Waals surface area contributed by atoms with E-state index in [9.17, 15) is 0 Å². The van der Waals surface area contributed by atoms with Crippen LogP contribution in [0.3, 0.4) is 0 Å². The van der Waals surface area contributed by atoms with Gasteiger partial charge >= 0.3 is 0 Å². The minimum Gasteiger partial charge on any atom is -0.496 e. The molecule has 1 aromatic carbocycles. The summed E-state index contributed by atoms with van der Waals surface area (Å²) in [5.74, 6) is 0.918. The zero-order chi connectivity index (χ0) is 13.0. The number of nitrogens with one attached hydrogen (secondary N) is 1. The first-order chi connectivity index (χ1) is 8.77. The topological polar surface area (TPSA) is 21.3 Å². The maximum atomic E-state index is 5.46. The van der Waals surface area contributed by atoms with Crippen molar-refractivity contribution in [2.75, 3.05) is 13.7 Å². The number of hydrogen-bond acceptors (Lipinski definition) is 3. The van der Waals surface area contributed by atoms with Crippen molar-refractivity contribution < 1.29 is 4.74 Å². The van der Waals surface area contributed by atoms with Crippen molar-refractivity contribution in [3.63, 3.8) is 0 Å². The first-order valence-electron chi connectivity index (χ1n) is 5.85. The molecule has 2 rings (SSSR count). The molecule has 0 saturated heterocycles. The highest BCUT2D eigenvalue weighted by Crippen LogP contribution is 2.35. The van der Waals surface area contributed by atoms with Gasteiger partial charge in [0, 0.05) is 15.4 Å². The van der Waals surface area contributed by atoms with Crippen molar-refractivity contribution in [2.24, 2.45) is 0 Å². The van der Waals surface area contributed by atoms with Gasteiger partial charge in [-0.2, -0.15) is 11.3 Å². The molecule has 4 heteroatoms. The summed E-state index contributed by atoms with van der Waals surface area (Å²) in [5, 5.41) is 7.79. The van der Waals surface area contributed by atoms with Crippen molar-refractivity contribution in [2.45, 2.75) is 13.0 Å². The summed E-state index contributed by atoms with van der Waals surface area (Å²) >= 11 is 5.31. The molecular weight excluding hydrogens is 310 g/mol. The van der Waals surface area contributed by atoms with E-state index >= 15 is 0 Å². The molecule has 1 aromatic heterocycles. The van der Waals surface area contributed by atoms with Crippen molar-refractivity contribution in [1.29, 1.82) is 0 Å². The molecule has 0 radical (unpaired) electrons. The van der Waals surface area contributed by atoms with Gasteiger partial charge in [-0.05, 0) is 39.5 Å². The Morgan fingerprint density at radius 3 is 2.67 bits per heavy atom. The fourth-order valence-corrected chi connectivity index (χ4v) is 3.55. The van der Waals surface area contributed by atoms with Crippen LogP contribution in [0.1, 0.15) is 24.1 Å². The van der Waals surface area contributed by atoms with Crippen LogP contribution in [0.4, 0.5) is 0 Å². The largest absolute Gasteiger partial charge is 0.496 e. The molecule has 0 amide bonds. The van der Waals surface area contributed by atoms with E-state index in [0.717, 1.165) is 16.8 Å². The van der Waals surface area contributed by atoms with E-state index in [1.807, 2.05) is 18.2 Å². The Labute approximate surface area is 120 Å². The molecule has 0 bridgehead atoms. The molecule has 0 aliphatic heterocycles. The number of methoxy groups -OCH3 is 1. The van der Waals surface area contributed by atoms with Crippen LogP contribution in [0.15, 0.2) is 39.5 Å². The minimum absolute atomic E-state index is 0.159. The van der Waals surface area contributed by atoms with Gasteiger partial charge in [0.15, 0.2) is 0 Å². The fourth-order valence-electron chi connectivity index (χ4n) is 1.99. The average molecular weight is 326 g/mol. The van der Waals surface area contributed by atoms with Gasteiger partial charge in [-0.25, -0.2) is 0 Å². The second-order valence-corrected chi connectivity index (χ2v) is 5.51. The number of halogens is 1. The summed E-state index contributed by atoms with van der Waals surface area (Å²) < 4.78 is 6.60. The summed E-state index contributed by atoms with van der Waals surface area (Å²) in [6.07, 6.45) is 0. The molecule has 1 heterocycles. The quantitative estimate of drug-likeness (QED) is 0.888. The Hall–Kier alpha value is -0.840. The summed E-state index contributed by atoms with van der Waals surface area (Å²) in [4.78, 5) is 0. The highest BCUT2D eigenvalue weighted by molar-refractivity contribution is 9.10. The highest BCUT2D eigenvalue weighted by atomic mass is 79.9. The normalized spacial score (nSPS) is 12.4. The molecule has 0 aliphatic rings. The van der Waals surface area contributed by atoms with Crippen molar-refractivity contribution in [1.82, 2.24) is 5.32 Å². The van der Waals surface area contributed by atoms with Gasteiger partial charge < -0.3 is 10.1 Å². The minimum atomic E-state index is 0.159. The Kier molecular flexibility index (Phi) is 4.80. The van der Waals surface area contributed by atoms with E-state index in [-0.39, 0.29) is 6.04 Å².